The minimum absolute atomic E-state index is 0.268. The molecule has 0 aromatic carbocycles. The highest BCUT2D eigenvalue weighted by Gasteiger charge is 2.16. The maximum atomic E-state index is 5.54. The second-order valence-corrected chi connectivity index (χ2v) is 4.39. The predicted molar refractivity (Wildman–Crippen MR) is 58.1 cm³/mol. The lowest BCUT2D eigenvalue weighted by atomic mass is 9.95. The van der Waals surface area contributed by atoms with E-state index in [1.165, 1.54) is 6.42 Å². The third-order valence-electron chi connectivity index (χ3n) is 1.87. The second-order valence-electron chi connectivity index (χ2n) is 4.39. The molecule has 80 valence electrons. The van der Waals surface area contributed by atoms with Crippen LogP contribution in [-0.2, 0) is 4.74 Å². The summed E-state index contributed by atoms with van der Waals surface area (Å²) in [5.74, 6) is 0. The zero-order valence-corrected chi connectivity index (χ0v) is 9.65. The number of hydrogen-bond donors (Lipinski definition) is 1. The van der Waals surface area contributed by atoms with Gasteiger partial charge in [-0.2, -0.15) is 0 Å². The van der Waals surface area contributed by atoms with Crippen LogP contribution in [0.2, 0.25) is 0 Å². The SMILES string of the molecule is CCCNCC(C)(C)COCCC. The molecular formula is C11H25NO. The van der Waals surface area contributed by atoms with Crippen LogP contribution in [0.25, 0.3) is 0 Å². The fourth-order valence-corrected chi connectivity index (χ4v) is 1.15. The normalized spacial score (nSPS) is 12.0. The number of nitrogens with one attached hydrogen (secondary N) is 1. The van der Waals surface area contributed by atoms with Crippen molar-refractivity contribution < 1.29 is 4.74 Å². The first-order chi connectivity index (χ1) is 6.12. The zero-order valence-electron chi connectivity index (χ0n) is 9.65. The Morgan fingerprint density at radius 2 is 1.85 bits per heavy atom. The van der Waals surface area contributed by atoms with Crippen molar-refractivity contribution in [3.8, 4) is 0 Å². The topological polar surface area (TPSA) is 21.3 Å². The first-order valence-corrected chi connectivity index (χ1v) is 5.41. The molecule has 2 nitrogen and oxygen atoms in total. The summed E-state index contributed by atoms with van der Waals surface area (Å²) in [7, 11) is 0. The van der Waals surface area contributed by atoms with Crippen molar-refractivity contribution >= 4 is 0 Å². The highest BCUT2D eigenvalue weighted by Crippen LogP contribution is 2.13. The maximum Gasteiger partial charge on any atom is 0.0529 e. The van der Waals surface area contributed by atoms with E-state index in [4.69, 9.17) is 4.74 Å². The van der Waals surface area contributed by atoms with Crippen LogP contribution in [0.5, 0.6) is 0 Å². The van der Waals surface area contributed by atoms with Gasteiger partial charge in [0.15, 0.2) is 0 Å². The maximum absolute atomic E-state index is 5.54. The quantitative estimate of drug-likeness (QED) is 0.589. The van der Waals surface area contributed by atoms with Gasteiger partial charge in [-0.25, -0.2) is 0 Å². The summed E-state index contributed by atoms with van der Waals surface area (Å²) in [6.45, 7) is 12.7. The van der Waals surface area contributed by atoms with Gasteiger partial charge in [-0.15, -0.1) is 0 Å². The van der Waals surface area contributed by atoms with Gasteiger partial charge in [-0.1, -0.05) is 27.7 Å². The molecule has 0 aliphatic carbocycles. The molecule has 0 saturated heterocycles. The van der Waals surface area contributed by atoms with E-state index in [0.717, 1.165) is 32.7 Å². The van der Waals surface area contributed by atoms with E-state index in [1.807, 2.05) is 0 Å². The first kappa shape index (κ1) is 12.9. The van der Waals surface area contributed by atoms with Crippen molar-refractivity contribution in [3.05, 3.63) is 0 Å². The minimum atomic E-state index is 0.268. The van der Waals surface area contributed by atoms with Crippen LogP contribution in [-0.4, -0.2) is 26.3 Å². The van der Waals surface area contributed by atoms with Gasteiger partial charge in [0.2, 0.25) is 0 Å². The lowest BCUT2D eigenvalue weighted by Crippen LogP contribution is -2.33. The fraction of sp³-hybridized carbons (Fsp3) is 1.00. The summed E-state index contributed by atoms with van der Waals surface area (Å²) in [6, 6.07) is 0. The molecule has 0 radical (unpaired) electrons. The van der Waals surface area contributed by atoms with E-state index in [-0.39, 0.29) is 5.41 Å². The van der Waals surface area contributed by atoms with E-state index in [0.29, 0.717) is 0 Å². The van der Waals surface area contributed by atoms with Crippen molar-refractivity contribution in [1.29, 1.82) is 0 Å². The Balaban J connectivity index is 3.42. The van der Waals surface area contributed by atoms with Crippen LogP contribution < -0.4 is 5.32 Å². The second kappa shape index (κ2) is 7.34. The van der Waals surface area contributed by atoms with Gasteiger partial charge >= 0.3 is 0 Å². The van der Waals surface area contributed by atoms with Crippen LogP contribution in [0, 0.1) is 5.41 Å². The summed E-state index contributed by atoms with van der Waals surface area (Å²) in [6.07, 6.45) is 2.31. The Bertz CT molecular complexity index is 101. The molecule has 0 amide bonds. The summed E-state index contributed by atoms with van der Waals surface area (Å²) < 4.78 is 5.54. The van der Waals surface area contributed by atoms with Crippen LogP contribution in [0.1, 0.15) is 40.5 Å². The molecule has 1 N–H and O–H groups in total. The summed E-state index contributed by atoms with van der Waals surface area (Å²) in [5.41, 5.74) is 0.268. The third kappa shape index (κ3) is 8.26. The third-order valence-corrected chi connectivity index (χ3v) is 1.87. The Morgan fingerprint density at radius 1 is 1.15 bits per heavy atom. The van der Waals surface area contributed by atoms with Gasteiger partial charge in [0.1, 0.15) is 0 Å². The molecular weight excluding hydrogens is 162 g/mol. The molecule has 0 aromatic rings. The molecule has 0 heterocycles. The molecule has 2 heteroatoms. The molecule has 0 rings (SSSR count). The first-order valence-electron chi connectivity index (χ1n) is 5.41. The summed E-state index contributed by atoms with van der Waals surface area (Å²) in [4.78, 5) is 0. The number of rotatable bonds is 8. The highest BCUT2D eigenvalue weighted by atomic mass is 16.5. The molecule has 0 bridgehead atoms. The summed E-state index contributed by atoms with van der Waals surface area (Å²) >= 11 is 0. The van der Waals surface area contributed by atoms with E-state index < -0.39 is 0 Å². The van der Waals surface area contributed by atoms with Gasteiger partial charge in [0.05, 0.1) is 6.61 Å². The van der Waals surface area contributed by atoms with E-state index in [1.54, 1.807) is 0 Å². The summed E-state index contributed by atoms with van der Waals surface area (Å²) in [5, 5.41) is 3.42. The van der Waals surface area contributed by atoms with Crippen molar-refractivity contribution in [3.63, 3.8) is 0 Å². The molecule has 0 aliphatic heterocycles. The fourth-order valence-electron chi connectivity index (χ4n) is 1.15. The van der Waals surface area contributed by atoms with Crippen LogP contribution in [0.15, 0.2) is 0 Å². The Morgan fingerprint density at radius 3 is 2.38 bits per heavy atom. The zero-order chi connectivity index (χ0) is 10.2. The number of hydrogen-bond acceptors (Lipinski definition) is 2. The van der Waals surface area contributed by atoms with Crippen molar-refractivity contribution in [2.45, 2.75) is 40.5 Å². The van der Waals surface area contributed by atoms with Gasteiger partial charge in [0.25, 0.3) is 0 Å². The van der Waals surface area contributed by atoms with Crippen molar-refractivity contribution in [2.24, 2.45) is 5.41 Å². The number of ether oxygens (including phenoxy) is 1. The average molecular weight is 187 g/mol. The van der Waals surface area contributed by atoms with Gasteiger partial charge < -0.3 is 10.1 Å². The minimum Gasteiger partial charge on any atom is -0.381 e. The van der Waals surface area contributed by atoms with Crippen molar-refractivity contribution in [1.82, 2.24) is 5.32 Å². The van der Waals surface area contributed by atoms with E-state index in [2.05, 4.69) is 33.0 Å². The molecule has 0 atom stereocenters. The molecule has 0 saturated carbocycles. The molecule has 0 aliphatic rings. The molecule has 0 fully saturated rings. The predicted octanol–water partition coefficient (Wildman–Crippen LogP) is 2.44. The Labute approximate surface area is 83.1 Å². The van der Waals surface area contributed by atoms with Gasteiger partial charge in [-0.3, -0.25) is 0 Å². The monoisotopic (exact) mass is 187 g/mol. The Hall–Kier alpha value is -0.0800. The van der Waals surface area contributed by atoms with Crippen LogP contribution in [0.4, 0.5) is 0 Å². The van der Waals surface area contributed by atoms with E-state index in [9.17, 15) is 0 Å². The average Bonchev–Trinajstić information content (AvgIpc) is 2.05. The largest absolute Gasteiger partial charge is 0.381 e. The molecule has 0 spiro atoms. The van der Waals surface area contributed by atoms with Crippen LogP contribution >= 0.6 is 0 Å². The lowest BCUT2D eigenvalue weighted by Gasteiger charge is -2.24. The smallest absolute Gasteiger partial charge is 0.0529 e. The van der Waals surface area contributed by atoms with Crippen molar-refractivity contribution in [2.75, 3.05) is 26.3 Å². The Kier molecular flexibility index (Phi) is 7.29. The molecule has 0 unspecified atom stereocenters. The van der Waals surface area contributed by atoms with Gasteiger partial charge in [-0.05, 0) is 19.4 Å². The lowest BCUT2D eigenvalue weighted by molar-refractivity contribution is 0.0626. The standard InChI is InChI=1S/C11H25NO/c1-5-7-12-9-11(3,4)10-13-8-6-2/h12H,5-10H2,1-4H3. The highest BCUT2D eigenvalue weighted by molar-refractivity contribution is 4.70. The van der Waals surface area contributed by atoms with Gasteiger partial charge in [0, 0.05) is 18.6 Å². The molecule has 0 aromatic heterocycles. The molecule has 13 heavy (non-hydrogen) atoms. The van der Waals surface area contributed by atoms with E-state index >= 15 is 0 Å². The van der Waals surface area contributed by atoms with Crippen LogP contribution in [0.3, 0.4) is 0 Å².